The van der Waals surface area contributed by atoms with Crippen LogP contribution < -0.4 is 10.6 Å². The van der Waals surface area contributed by atoms with Crippen molar-refractivity contribution in [1.29, 1.82) is 0 Å². The molecule has 1 heterocycles. The van der Waals surface area contributed by atoms with Crippen molar-refractivity contribution >= 4 is 29.9 Å². The number of hydrogen-bond acceptors (Lipinski definition) is 2. The van der Waals surface area contributed by atoms with Crippen LogP contribution in [0.3, 0.4) is 0 Å². The van der Waals surface area contributed by atoms with Crippen molar-refractivity contribution in [3.8, 4) is 0 Å². The smallest absolute Gasteiger partial charge is 0.253 e. The predicted octanol–water partition coefficient (Wildman–Crippen LogP) is 2.77. The molecule has 106 valence electrons. The Morgan fingerprint density at radius 3 is 2.95 bits per heavy atom. The second-order valence-electron chi connectivity index (χ2n) is 4.57. The third-order valence-electron chi connectivity index (χ3n) is 3.27. The van der Waals surface area contributed by atoms with Crippen molar-refractivity contribution < 1.29 is 9.18 Å². The molecule has 1 amide bonds. The maximum atomic E-state index is 13.3. The quantitative estimate of drug-likeness (QED) is 0.882. The van der Waals surface area contributed by atoms with Gasteiger partial charge in [0.2, 0.25) is 0 Å². The molecule has 0 saturated carbocycles. The summed E-state index contributed by atoms with van der Waals surface area (Å²) < 4.78 is 13.3. The second-order valence-corrected chi connectivity index (χ2v) is 4.94. The highest BCUT2D eigenvalue weighted by atomic mass is 35.5. The first kappa shape index (κ1) is 16.2. The van der Waals surface area contributed by atoms with Gasteiger partial charge in [0.05, 0.1) is 10.6 Å². The molecule has 1 aromatic carbocycles. The molecule has 1 saturated heterocycles. The Hall–Kier alpha value is -0.840. The van der Waals surface area contributed by atoms with E-state index in [1.165, 1.54) is 18.2 Å². The Kier molecular flexibility index (Phi) is 6.04. The Morgan fingerprint density at radius 1 is 1.53 bits per heavy atom. The van der Waals surface area contributed by atoms with Crippen molar-refractivity contribution in [3.05, 3.63) is 34.6 Å². The minimum Gasteiger partial charge on any atom is -0.348 e. The lowest BCUT2D eigenvalue weighted by Crippen LogP contribution is -2.51. The minimum atomic E-state index is -0.570. The molecule has 2 unspecified atom stereocenters. The standard InChI is InChI=1S/C13H16ClFN2O.ClH/c1-8-11(6-3-7-16-8)17-13(18)9-4-2-5-10(15)12(9)14;/h2,4-5,8,11,16H,3,6-7H2,1H3,(H,17,18);1H. The zero-order valence-corrected chi connectivity index (χ0v) is 12.2. The molecule has 2 atom stereocenters. The maximum absolute atomic E-state index is 13.3. The molecule has 0 spiro atoms. The molecule has 0 bridgehead atoms. The monoisotopic (exact) mass is 306 g/mol. The number of benzene rings is 1. The first-order valence-electron chi connectivity index (χ1n) is 6.08. The molecular weight excluding hydrogens is 290 g/mol. The summed E-state index contributed by atoms with van der Waals surface area (Å²) in [6.45, 7) is 2.99. The van der Waals surface area contributed by atoms with E-state index in [1.54, 1.807) is 0 Å². The van der Waals surface area contributed by atoms with Gasteiger partial charge < -0.3 is 10.6 Å². The molecule has 1 fully saturated rings. The molecule has 1 aliphatic heterocycles. The van der Waals surface area contributed by atoms with Crippen LogP contribution in [0.4, 0.5) is 4.39 Å². The fraction of sp³-hybridized carbons (Fsp3) is 0.462. The van der Waals surface area contributed by atoms with Gasteiger partial charge in [0, 0.05) is 12.1 Å². The summed E-state index contributed by atoms with van der Waals surface area (Å²) in [5, 5.41) is 6.07. The van der Waals surface area contributed by atoms with Crippen LogP contribution in [-0.2, 0) is 0 Å². The Bertz CT molecular complexity index is 456. The lowest BCUT2D eigenvalue weighted by atomic mass is 9.99. The van der Waals surface area contributed by atoms with Crippen LogP contribution in [0.5, 0.6) is 0 Å². The molecule has 1 aliphatic rings. The number of carbonyl (C=O) groups is 1. The molecule has 6 heteroatoms. The van der Waals surface area contributed by atoms with Crippen LogP contribution in [0.15, 0.2) is 18.2 Å². The van der Waals surface area contributed by atoms with Gasteiger partial charge in [-0.1, -0.05) is 17.7 Å². The first-order chi connectivity index (χ1) is 8.59. The fourth-order valence-corrected chi connectivity index (χ4v) is 2.38. The average Bonchev–Trinajstić information content (AvgIpc) is 2.35. The van der Waals surface area contributed by atoms with Crippen molar-refractivity contribution in [2.45, 2.75) is 31.8 Å². The summed E-state index contributed by atoms with van der Waals surface area (Å²) in [4.78, 5) is 12.0. The van der Waals surface area contributed by atoms with Crippen LogP contribution in [0.25, 0.3) is 0 Å². The van der Waals surface area contributed by atoms with E-state index in [4.69, 9.17) is 11.6 Å². The molecule has 0 radical (unpaired) electrons. The highest BCUT2D eigenvalue weighted by Crippen LogP contribution is 2.20. The molecule has 19 heavy (non-hydrogen) atoms. The highest BCUT2D eigenvalue weighted by molar-refractivity contribution is 6.34. The topological polar surface area (TPSA) is 41.1 Å². The third kappa shape index (κ3) is 3.81. The van der Waals surface area contributed by atoms with Gasteiger partial charge in [-0.2, -0.15) is 0 Å². The second kappa shape index (κ2) is 7.08. The van der Waals surface area contributed by atoms with Gasteiger partial charge in [-0.15, -0.1) is 12.4 Å². The fourth-order valence-electron chi connectivity index (χ4n) is 2.17. The summed E-state index contributed by atoms with van der Waals surface area (Å²) in [5.74, 6) is -0.890. The van der Waals surface area contributed by atoms with Crippen LogP contribution in [-0.4, -0.2) is 24.5 Å². The van der Waals surface area contributed by atoms with Gasteiger partial charge >= 0.3 is 0 Å². The molecule has 1 aromatic rings. The van der Waals surface area contributed by atoms with Gasteiger partial charge in [0.15, 0.2) is 0 Å². The molecule has 2 N–H and O–H groups in total. The normalized spacial score (nSPS) is 22.5. The molecule has 3 nitrogen and oxygen atoms in total. The van der Waals surface area contributed by atoms with Crippen molar-refractivity contribution in [2.24, 2.45) is 0 Å². The third-order valence-corrected chi connectivity index (χ3v) is 3.66. The number of amides is 1. The summed E-state index contributed by atoms with van der Waals surface area (Å²) in [5.41, 5.74) is 0.189. The zero-order chi connectivity index (χ0) is 13.1. The summed E-state index contributed by atoms with van der Waals surface area (Å²) in [6, 6.07) is 4.53. The summed E-state index contributed by atoms with van der Waals surface area (Å²) in [7, 11) is 0. The number of carbonyl (C=O) groups excluding carboxylic acids is 1. The number of piperidine rings is 1. The van der Waals surface area contributed by atoms with Gasteiger partial charge in [-0.3, -0.25) is 4.79 Å². The predicted molar refractivity (Wildman–Crippen MR) is 76.6 cm³/mol. The van der Waals surface area contributed by atoms with Crippen LogP contribution in [0.1, 0.15) is 30.1 Å². The van der Waals surface area contributed by atoms with Crippen molar-refractivity contribution in [1.82, 2.24) is 10.6 Å². The molecule has 0 aromatic heterocycles. The number of halogens is 3. The van der Waals surface area contributed by atoms with E-state index < -0.39 is 5.82 Å². The van der Waals surface area contributed by atoms with Gasteiger partial charge in [-0.05, 0) is 38.4 Å². The summed E-state index contributed by atoms with van der Waals surface area (Å²) >= 11 is 5.79. The Balaban J connectivity index is 0.00000180. The number of hydrogen-bond donors (Lipinski definition) is 2. The average molecular weight is 307 g/mol. The van der Waals surface area contributed by atoms with E-state index >= 15 is 0 Å². The minimum absolute atomic E-state index is 0. The maximum Gasteiger partial charge on any atom is 0.253 e. The van der Waals surface area contributed by atoms with E-state index in [1.807, 2.05) is 6.92 Å². The van der Waals surface area contributed by atoms with E-state index in [9.17, 15) is 9.18 Å². The SMILES string of the molecule is CC1NCCCC1NC(=O)c1cccc(F)c1Cl.Cl. The number of rotatable bonds is 2. The molecule has 0 aliphatic carbocycles. The first-order valence-corrected chi connectivity index (χ1v) is 6.45. The van der Waals surface area contributed by atoms with E-state index in [-0.39, 0.29) is 41.0 Å². The van der Waals surface area contributed by atoms with E-state index in [0.717, 1.165) is 19.4 Å². The lowest BCUT2D eigenvalue weighted by molar-refractivity contribution is 0.0919. The highest BCUT2D eigenvalue weighted by Gasteiger charge is 2.24. The van der Waals surface area contributed by atoms with Gasteiger partial charge in [0.25, 0.3) is 5.91 Å². The largest absolute Gasteiger partial charge is 0.348 e. The number of nitrogens with one attached hydrogen (secondary N) is 2. The zero-order valence-electron chi connectivity index (χ0n) is 10.6. The Morgan fingerprint density at radius 2 is 2.26 bits per heavy atom. The Labute approximate surface area is 123 Å². The molecule has 2 rings (SSSR count). The van der Waals surface area contributed by atoms with Crippen LogP contribution in [0, 0.1) is 5.82 Å². The van der Waals surface area contributed by atoms with Crippen LogP contribution >= 0.6 is 24.0 Å². The van der Waals surface area contributed by atoms with E-state index in [2.05, 4.69) is 10.6 Å². The van der Waals surface area contributed by atoms with Crippen molar-refractivity contribution in [3.63, 3.8) is 0 Å². The van der Waals surface area contributed by atoms with E-state index in [0.29, 0.717) is 0 Å². The van der Waals surface area contributed by atoms with Gasteiger partial charge in [-0.25, -0.2) is 4.39 Å². The summed E-state index contributed by atoms with van der Waals surface area (Å²) in [6.07, 6.45) is 1.94. The molecular formula is C13H17Cl2FN2O. The van der Waals surface area contributed by atoms with Crippen LogP contribution in [0.2, 0.25) is 5.02 Å². The van der Waals surface area contributed by atoms with Gasteiger partial charge in [0.1, 0.15) is 5.82 Å². The lowest BCUT2D eigenvalue weighted by Gasteiger charge is -2.30. The van der Waals surface area contributed by atoms with Crippen molar-refractivity contribution in [2.75, 3.05) is 6.54 Å².